The highest BCUT2D eigenvalue weighted by atomic mass is 35.5. The summed E-state index contributed by atoms with van der Waals surface area (Å²) in [7, 11) is 0. The highest BCUT2D eigenvalue weighted by Crippen LogP contribution is 2.40. The topological polar surface area (TPSA) is 70.8 Å². The first-order valence-electron chi connectivity index (χ1n) is 6.88. The van der Waals surface area contributed by atoms with E-state index >= 15 is 0 Å². The van der Waals surface area contributed by atoms with Crippen molar-refractivity contribution in [2.75, 3.05) is 0 Å². The molecule has 108 valence electrons. The van der Waals surface area contributed by atoms with Crippen molar-refractivity contribution in [3.05, 3.63) is 23.1 Å². The van der Waals surface area contributed by atoms with Gasteiger partial charge in [-0.3, -0.25) is 4.79 Å². The van der Waals surface area contributed by atoms with Crippen molar-refractivity contribution >= 4 is 23.5 Å². The van der Waals surface area contributed by atoms with E-state index in [-0.39, 0.29) is 22.9 Å². The largest absolute Gasteiger partial charge is 0.480 e. The predicted octanol–water partition coefficient (Wildman–Crippen LogP) is 2.79. The van der Waals surface area contributed by atoms with Crippen molar-refractivity contribution in [1.29, 1.82) is 0 Å². The standard InChI is InChI=1S/C14H16ClNO4/c15-12-6-5-11(20-12)13(17)16-9-4-2-1-3-8(9)7-10(16)14(18)19/h5-6,8-10H,1-4,7H2,(H,18,19)/t8-,9-,10-/m0/s1. The summed E-state index contributed by atoms with van der Waals surface area (Å²) in [6.07, 6.45) is 4.56. The Bertz CT molecular complexity index is 541. The third-order valence-corrected chi connectivity index (χ3v) is 4.59. The number of amides is 1. The molecule has 1 saturated heterocycles. The van der Waals surface area contributed by atoms with Gasteiger partial charge in [0.05, 0.1) is 0 Å². The molecule has 1 saturated carbocycles. The van der Waals surface area contributed by atoms with Crippen LogP contribution in [0.3, 0.4) is 0 Å². The van der Waals surface area contributed by atoms with Gasteiger partial charge in [0.25, 0.3) is 5.91 Å². The van der Waals surface area contributed by atoms with Crippen LogP contribution in [-0.4, -0.2) is 34.0 Å². The van der Waals surface area contributed by atoms with E-state index in [0.717, 1.165) is 25.7 Å². The fourth-order valence-electron chi connectivity index (χ4n) is 3.53. The van der Waals surface area contributed by atoms with E-state index < -0.39 is 12.0 Å². The first-order chi connectivity index (χ1) is 9.58. The number of fused-ring (bicyclic) bond motifs is 1. The summed E-state index contributed by atoms with van der Waals surface area (Å²) in [6, 6.07) is 2.26. The summed E-state index contributed by atoms with van der Waals surface area (Å²) in [6.45, 7) is 0. The van der Waals surface area contributed by atoms with Crippen molar-refractivity contribution < 1.29 is 19.1 Å². The molecule has 3 rings (SSSR count). The van der Waals surface area contributed by atoms with Gasteiger partial charge in [-0.2, -0.15) is 0 Å². The maximum absolute atomic E-state index is 12.5. The molecule has 2 fully saturated rings. The smallest absolute Gasteiger partial charge is 0.326 e. The van der Waals surface area contributed by atoms with E-state index in [4.69, 9.17) is 16.0 Å². The quantitative estimate of drug-likeness (QED) is 0.911. The molecule has 2 heterocycles. The molecule has 20 heavy (non-hydrogen) atoms. The number of halogens is 1. The van der Waals surface area contributed by atoms with Gasteiger partial charge < -0.3 is 14.4 Å². The molecule has 1 aliphatic heterocycles. The van der Waals surface area contributed by atoms with Crippen LogP contribution in [-0.2, 0) is 4.79 Å². The summed E-state index contributed by atoms with van der Waals surface area (Å²) in [5, 5.41) is 9.52. The van der Waals surface area contributed by atoms with Gasteiger partial charge in [-0.1, -0.05) is 12.8 Å². The van der Waals surface area contributed by atoms with Crippen LogP contribution in [0, 0.1) is 5.92 Å². The molecule has 0 unspecified atom stereocenters. The molecule has 1 aromatic heterocycles. The number of carbonyl (C=O) groups excluding carboxylic acids is 1. The molecule has 1 amide bonds. The maximum atomic E-state index is 12.5. The number of furan rings is 1. The van der Waals surface area contributed by atoms with Gasteiger partial charge in [-0.25, -0.2) is 4.79 Å². The van der Waals surface area contributed by atoms with Crippen LogP contribution < -0.4 is 0 Å². The van der Waals surface area contributed by atoms with E-state index in [2.05, 4.69) is 0 Å². The van der Waals surface area contributed by atoms with Crippen molar-refractivity contribution in [3.8, 4) is 0 Å². The van der Waals surface area contributed by atoms with Crippen LogP contribution in [0.5, 0.6) is 0 Å². The molecule has 1 aromatic rings. The van der Waals surface area contributed by atoms with Crippen molar-refractivity contribution in [2.24, 2.45) is 5.92 Å². The summed E-state index contributed by atoms with van der Waals surface area (Å²) >= 11 is 5.69. The fourth-order valence-corrected chi connectivity index (χ4v) is 3.68. The second kappa shape index (κ2) is 5.13. The van der Waals surface area contributed by atoms with Gasteiger partial charge in [0.2, 0.25) is 0 Å². The third kappa shape index (κ3) is 2.20. The maximum Gasteiger partial charge on any atom is 0.326 e. The summed E-state index contributed by atoms with van der Waals surface area (Å²) in [5.41, 5.74) is 0. The summed E-state index contributed by atoms with van der Waals surface area (Å²) in [5.74, 6) is -0.893. The Balaban J connectivity index is 1.90. The predicted molar refractivity (Wildman–Crippen MR) is 71.7 cm³/mol. The van der Waals surface area contributed by atoms with Gasteiger partial charge in [-0.05, 0) is 48.9 Å². The fraction of sp³-hybridized carbons (Fsp3) is 0.571. The normalized spacial score (nSPS) is 29.2. The number of nitrogens with zero attached hydrogens (tertiary/aromatic N) is 1. The minimum atomic E-state index is -0.939. The molecule has 1 aliphatic carbocycles. The zero-order chi connectivity index (χ0) is 14.3. The molecule has 0 spiro atoms. The number of hydrogen-bond donors (Lipinski definition) is 1. The Kier molecular flexibility index (Phi) is 3.46. The SMILES string of the molecule is O=C(O)[C@@H]1C[C@@H]2CCCC[C@@H]2N1C(=O)c1ccc(Cl)o1. The van der Waals surface area contributed by atoms with E-state index in [1.54, 1.807) is 0 Å². The molecule has 5 nitrogen and oxygen atoms in total. The van der Waals surface area contributed by atoms with E-state index in [9.17, 15) is 14.7 Å². The summed E-state index contributed by atoms with van der Waals surface area (Å²) < 4.78 is 5.15. The van der Waals surface area contributed by atoms with Crippen LogP contribution in [0.4, 0.5) is 0 Å². The third-order valence-electron chi connectivity index (χ3n) is 4.39. The van der Waals surface area contributed by atoms with Crippen LogP contribution >= 0.6 is 11.6 Å². The lowest BCUT2D eigenvalue weighted by Gasteiger charge is -2.32. The zero-order valence-electron chi connectivity index (χ0n) is 10.9. The average Bonchev–Trinajstić information content (AvgIpc) is 3.01. The molecule has 2 aliphatic rings. The van der Waals surface area contributed by atoms with Crippen molar-refractivity contribution in [2.45, 2.75) is 44.2 Å². The average molecular weight is 298 g/mol. The molecular formula is C14H16ClNO4. The first kappa shape index (κ1) is 13.5. The number of carbonyl (C=O) groups is 2. The van der Waals surface area contributed by atoms with Gasteiger partial charge in [0.1, 0.15) is 6.04 Å². The van der Waals surface area contributed by atoms with E-state index in [0.29, 0.717) is 12.3 Å². The second-order valence-electron chi connectivity index (χ2n) is 5.52. The lowest BCUT2D eigenvalue weighted by atomic mass is 9.84. The monoisotopic (exact) mass is 297 g/mol. The Morgan fingerprint density at radius 2 is 2.05 bits per heavy atom. The lowest BCUT2D eigenvalue weighted by Crippen LogP contribution is -2.46. The minimum Gasteiger partial charge on any atom is -0.480 e. The second-order valence-corrected chi connectivity index (χ2v) is 5.89. The van der Waals surface area contributed by atoms with Gasteiger partial charge in [-0.15, -0.1) is 0 Å². The molecule has 1 N–H and O–H groups in total. The minimum absolute atomic E-state index is 0.0150. The van der Waals surface area contributed by atoms with Crippen molar-refractivity contribution in [1.82, 2.24) is 4.90 Å². The molecular weight excluding hydrogens is 282 g/mol. The van der Waals surface area contributed by atoms with E-state index in [1.807, 2.05) is 0 Å². The Morgan fingerprint density at radius 3 is 2.70 bits per heavy atom. The number of rotatable bonds is 2. The molecule has 0 aromatic carbocycles. The van der Waals surface area contributed by atoms with Crippen LogP contribution in [0.15, 0.2) is 16.5 Å². The van der Waals surface area contributed by atoms with Gasteiger partial charge in [0.15, 0.2) is 11.0 Å². The molecule has 3 atom stereocenters. The highest BCUT2D eigenvalue weighted by molar-refractivity contribution is 6.29. The van der Waals surface area contributed by atoms with Crippen LogP contribution in [0.2, 0.25) is 5.22 Å². The van der Waals surface area contributed by atoms with Gasteiger partial charge in [0, 0.05) is 6.04 Å². The lowest BCUT2D eigenvalue weighted by molar-refractivity contribution is -0.141. The number of carboxylic acids is 1. The van der Waals surface area contributed by atoms with Gasteiger partial charge >= 0.3 is 5.97 Å². The Hall–Kier alpha value is -1.49. The molecule has 6 heteroatoms. The van der Waals surface area contributed by atoms with Crippen molar-refractivity contribution in [3.63, 3.8) is 0 Å². The highest BCUT2D eigenvalue weighted by Gasteiger charge is 2.48. The zero-order valence-corrected chi connectivity index (χ0v) is 11.7. The Morgan fingerprint density at radius 1 is 1.30 bits per heavy atom. The number of hydrogen-bond acceptors (Lipinski definition) is 3. The van der Waals surface area contributed by atoms with E-state index in [1.165, 1.54) is 17.0 Å². The number of carboxylic acid groups (broad SMARTS) is 1. The number of likely N-dealkylation sites (tertiary alicyclic amines) is 1. The first-order valence-corrected chi connectivity index (χ1v) is 7.26. The molecule has 0 radical (unpaired) electrons. The van der Waals surface area contributed by atoms with Crippen LogP contribution in [0.25, 0.3) is 0 Å². The molecule has 0 bridgehead atoms. The Labute approximate surface area is 121 Å². The number of aliphatic carboxylic acids is 1. The summed E-state index contributed by atoms with van der Waals surface area (Å²) in [4.78, 5) is 25.5. The van der Waals surface area contributed by atoms with Crippen LogP contribution in [0.1, 0.15) is 42.7 Å².